The van der Waals surface area contributed by atoms with Crippen LogP contribution in [0.1, 0.15) is 52.9 Å². The monoisotopic (exact) mass is 376 g/mol. The number of ketones is 1. The first-order valence-electron chi connectivity index (χ1n) is 9.91. The zero-order valence-corrected chi connectivity index (χ0v) is 16.8. The molecular weight excluding hydrogens is 344 g/mol. The maximum atomic E-state index is 12.8. The highest BCUT2D eigenvalue weighted by molar-refractivity contribution is 6.00. The van der Waals surface area contributed by atoms with E-state index in [0.29, 0.717) is 23.7 Å². The molecule has 1 fully saturated rings. The number of methoxy groups -OCH3 is 1. The highest BCUT2D eigenvalue weighted by atomic mass is 16.5. The molecule has 27 heavy (non-hydrogen) atoms. The van der Waals surface area contributed by atoms with Gasteiger partial charge < -0.3 is 19.7 Å². The lowest BCUT2D eigenvalue weighted by Gasteiger charge is -2.44. The number of carbonyl (C=O) groups is 1. The first-order chi connectivity index (χ1) is 12.8. The molecule has 5 heteroatoms. The highest BCUT2D eigenvalue weighted by Gasteiger charge is 2.54. The van der Waals surface area contributed by atoms with Gasteiger partial charge in [-0.3, -0.25) is 4.79 Å². The average Bonchev–Trinajstić information content (AvgIpc) is 2.99. The normalized spacial score (nSPS) is 37.2. The summed E-state index contributed by atoms with van der Waals surface area (Å²) >= 11 is 0. The quantitative estimate of drug-likeness (QED) is 0.721. The van der Waals surface area contributed by atoms with Crippen LogP contribution in [0.2, 0.25) is 0 Å². The molecule has 3 aliphatic rings. The molecule has 2 aliphatic carbocycles. The fourth-order valence-electron chi connectivity index (χ4n) is 4.88. The van der Waals surface area contributed by atoms with E-state index in [4.69, 9.17) is 14.6 Å². The summed E-state index contributed by atoms with van der Waals surface area (Å²) in [4.78, 5) is 12.8. The largest absolute Gasteiger partial charge is 0.488 e. The zero-order valence-electron chi connectivity index (χ0n) is 16.8. The Hall–Kier alpha value is -1.43. The number of hydrogen-bond acceptors (Lipinski definition) is 5. The van der Waals surface area contributed by atoms with Gasteiger partial charge in [-0.05, 0) is 52.4 Å². The van der Waals surface area contributed by atoms with E-state index in [1.807, 2.05) is 13.0 Å². The van der Waals surface area contributed by atoms with Gasteiger partial charge in [-0.15, -0.1) is 0 Å². The van der Waals surface area contributed by atoms with E-state index in [2.05, 4.69) is 19.9 Å². The number of carbonyl (C=O) groups excluding carboxylic acids is 1. The summed E-state index contributed by atoms with van der Waals surface area (Å²) in [6.07, 6.45) is 6.58. The minimum Gasteiger partial charge on any atom is -0.488 e. The minimum absolute atomic E-state index is 0.0337. The first-order valence-corrected chi connectivity index (χ1v) is 9.91. The van der Waals surface area contributed by atoms with Crippen molar-refractivity contribution in [3.63, 3.8) is 0 Å². The third kappa shape index (κ3) is 3.78. The summed E-state index contributed by atoms with van der Waals surface area (Å²) in [6.45, 7) is 6.28. The van der Waals surface area contributed by atoms with Crippen LogP contribution in [0.4, 0.5) is 0 Å². The van der Waals surface area contributed by atoms with Crippen LogP contribution in [0.25, 0.3) is 0 Å². The Bertz CT molecular complexity index is 689. The molecule has 2 N–H and O–H groups in total. The van der Waals surface area contributed by atoms with Gasteiger partial charge in [-0.25, -0.2) is 0 Å². The molecule has 0 aromatic carbocycles. The van der Waals surface area contributed by atoms with Gasteiger partial charge in [0, 0.05) is 25.0 Å². The van der Waals surface area contributed by atoms with Gasteiger partial charge in [0.2, 0.25) is 0 Å². The summed E-state index contributed by atoms with van der Waals surface area (Å²) in [5.74, 6) is 1.03. The third-order valence-corrected chi connectivity index (χ3v) is 6.64. The maximum Gasteiger partial charge on any atom is 0.191 e. The summed E-state index contributed by atoms with van der Waals surface area (Å²) in [6, 6.07) is 0. The van der Waals surface area contributed by atoms with Gasteiger partial charge in [0.15, 0.2) is 5.78 Å². The molecule has 0 aromatic rings. The van der Waals surface area contributed by atoms with E-state index in [0.717, 1.165) is 24.8 Å². The predicted molar refractivity (Wildman–Crippen MR) is 103 cm³/mol. The van der Waals surface area contributed by atoms with Gasteiger partial charge in [0.25, 0.3) is 0 Å². The smallest absolute Gasteiger partial charge is 0.191 e. The fourth-order valence-corrected chi connectivity index (χ4v) is 4.88. The lowest BCUT2D eigenvalue weighted by molar-refractivity contribution is -0.135. The lowest BCUT2D eigenvalue weighted by atomic mass is 9.73. The van der Waals surface area contributed by atoms with Crippen molar-refractivity contribution in [1.82, 2.24) is 0 Å². The van der Waals surface area contributed by atoms with Crippen molar-refractivity contribution in [3.05, 3.63) is 34.6 Å². The minimum atomic E-state index is -0.761. The molecule has 0 saturated heterocycles. The van der Waals surface area contributed by atoms with Crippen LogP contribution in [0.3, 0.4) is 0 Å². The second-order valence-corrected chi connectivity index (χ2v) is 8.45. The van der Waals surface area contributed by atoms with Crippen LogP contribution >= 0.6 is 0 Å². The lowest BCUT2D eigenvalue weighted by Crippen LogP contribution is -2.47. The molecule has 1 saturated carbocycles. The molecule has 0 unspecified atom stereocenters. The number of aliphatic hydroxyl groups excluding tert-OH is 2. The van der Waals surface area contributed by atoms with Crippen molar-refractivity contribution in [3.8, 4) is 0 Å². The van der Waals surface area contributed by atoms with Gasteiger partial charge in [0.05, 0.1) is 6.61 Å². The summed E-state index contributed by atoms with van der Waals surface area (Å²) in [7, 11) is 1.52. The van der Waals surface area contributed by atoms with Gasteiger partial charge in [-0.1, -0.05) is 23.3 Å². The zero-order chi connectivity index (χ0) is 19.8. The predicted octanol–water partition coefficient (Wildman–Crippen LogP) is 3.07. The van der Waals surface area contributed by atoms with Crippen molar-refractivity contribution in [2.75, 3.05) is 13.7 Å². The molecular formula is C22H32O5. The molecule has 5 nitrogen and oxygen atoms in total. The van der Waals surface area contributed by atoms with Crippen molar-refractivity contribution in [2.45, 2.75) is 70.7 Å². The standard InChI is InChI=1S/C22H32O5/c1-13(12-23)6-5-7-14(2)15-8-9-22(3)17(15)10-16-20(25)19(26-4)11-18(24)21(16)27-22/h6-7,15,17-19,23-24H,5,8-12H2,1-4H3/b13-6-,14-7?/t15-,17-,18-,19+,22+/m0/s1. The van der Waals surface area contributed by atoms with Crippen LogP contribution in [0, 0.1) is 11.8 Å². The number of hydrogen-bond donors (Lipinski definition) is 2. The molecule has 0 radical (unpaired) electrons. The Morgan fingerprint density at radius 3 is 2.78 bits per heavy atom. The topological polar surface area (TPSA) is 76.0 Å². The molecule has 0 aromatic heterocycles. The fraction of sp³-hybridized carbons (Fsp3) is 0.682. The summed E-state index contributed by atoms with van der Waals surface area (Å²) in [5, 5.41) is 19.6. The van der Waals surface area contributed by atoms with E-state index >= 15 is 0 Å². The van der Waals surface area contributed by atoms with Crippen LogP contribution in [-0.4, -0.2) is 47.5 Å². The Kier molecular flexibility index (Phi) is 5.94. The molecule has 5 atom stereocenters. The molecule has 0 spiro atoms. The Morgan fingerprint density at radius 2 is 2.11 bits per heavy atom. The number of ether oxygens (including phenoxy) is 2. The van der Waals surface area contributed by atoms with E-state index in [9.17, 15) is 9.90 Å². The van der Waals surface area contributed by atoms with E-state index < -0.39 is 12.2 Å². The molecule has 0 amide bonds. The van der Waals surface area contributed by atoms with Gasteiger partial charge >= 0.3 is 0 Å². The van der Waals surface area contributed by atoms with Crippen molar-refractivity contribution >= 4 is 5.78 Å². The second kappa shape index (κ2) is 7.90. The number of aliphatic hydroxyl groups is 2. The maximum absolute atomic E-state index is 12.8. The van der Waals surface area contributed by atoms with E-state index in [-0.39, 0.29) is 30.3 Å². The van der Waals surface area contributed by atoms with E-state index in [1.165, 1.54) is 12.7 Å². The number of rotatable bonds is 5. The van der Waals surface area contributed by atoms with Gasteiger partial charge in [-0.2, -0.15) is 0 Å². The Balaban J connectivity index is 1.83. The van der Waals surface area contributed by atoms with Crippen LogP contribution in [0.5, 0.6) is 0 Å². The number of fused-ring (bicyclic) bond motifs is 1. The average molecular weight is 376 g/mol. The van der Waals surface area contributed by atoms with Crippen molar-refractivity contribution in [1.29, 1.82) is 0 Å². The van der Waals surface area contributed by atoms with Crippen molar-refractivity contribution in [2.24, 2.45) is 11.8 Å². The molecule has 1 heterocycles. The van der Waals surface area contributed by atoms with E-state index in [1.54, 1.807) is 0 Å². The molecule has 3 rings (SSSR count). The van der Waals surface area contributed by atoms with Crippen LogP contribution in [0.15, 0.2) is 34.6 Å². The van der Waals surface area contributed by atoms with Gasteiger partial charge in [0.1, 0.15) is 23.6 Å². The molecule has 0 bridgehead atoms. The Morgan fingerprint density at radius 1 is 1.37 bits per heavy atom. The molecule has 150 valence electrons. The first kappa shape index (κ1) is 20.3. The Labute approximate surface area is 161 Å². The highest BCUT2D eigenvalue weighted by Crippen LogP contribution is 2.54. The number of Topliss-reactive ketones (excluding diaryl/α,β-unsaturated/α-hetero) is 1. The number of allylic oxidation sites excluding steroid dienone is 3. The summed E-state index contributed by atoms with van der Waals surface area (Å²) in [5.41, 5.74) is 2.57. The SMILES string of the molecule is CO[C@@H]1C[C@H](O)C2=C(C[C@H]3[C@H](C(C)=CC/C=C(/C)CO)CC[C@@]3(C)O2)C1=O. The third-order valence-electron chi connectivity index (χ3n) is 6.64. The van der Waals surface area contributed by atoms with Crippen LogP contribution < -0.4 is 0 Å². The molecule has 1 aliphatic heterocycles. The summed E-state index contributed by atoms with van der Waals surface area (Å²) < 4.78 is 11.6. The van der Waals surface area contributed by atoms with Crippen LogP contribution in [-0.2, 0) is 14.3 Å². The van der Waals surface area contributed by atoms with Crippen molar-refractivity contribution < 1.29 is 24.5 Å². The second-order valence-electron chi connectivity index (χ2n) is 8.45.